The molecule has 4 heteroatoms. The number of hydrogen-bond donors (Lipinski definition) is 0. The van der Waals surface area contributed by atoms with Gasteiger partial charge < -0.3 is 4.57 Å². The molecule has 0 bridgehead atoms. The van der Waals surface area contributed by atoms with Crippen molar-refractivity contribution < 1.29 is 9.36 Å². The topological polar surface area (TPSA) is 39.1 Å². The van der Waals surface area contributed by atoms with Crippen LogP contribution in [0.15, 0.2) is 115 Å². The van der Waals surface area contributed by atoms with Crippen LogP contribution in [0.1, 0.15) is 27.5 Å². The van der Waals surface area contributed by atoms with Gasteiger partial charge in [-0.25, -0.2) is 0 Å². The maximum Gasteiger partial charge on any atom is 0.243 e. The third-order valence-corrected chi connectivity index (χ3v) is 10.5. The van der Waals surface area contributed by atoms with E-state index < -0.39 is 12.8 Å². The molecule has 4 aromatic carbocycles. The molecule has 34 heavy (non-hydrogen) atoms. The van der Waals surface area contributed by atoms with E-state index in [2.05, 4.69) is 25.1 Å². The molecule has 0 aliphatic carbocycles. The third-order valence-electron chi connectivity index (χ3n) is 7.09. The molecular formula is C30H24NO2P. The van der Waals surface area contributed by atoms with Crippen LogP contribution in [0.2, 0.25) is 0 Å². The number of aromatic nitrogens is 1. The Hall–Kier alpha value is -3.68. The molecule has 0 radical (unpaired) electrons. The normalized spacial score (nSPS) is 17.7. The maximum absolute atomic E-state index is 15.4. The van der Waals surface area contributed by atoms with Crippen molar-refractivity contribution in [3.8, 4) is 0 Å². The molecule has 1 aliphatic rings. The Morgan fingerprint density at radius 2 is 1.18 bits per heavy atom. The zero-order valence-corrected chi connectivity index (χ0v) is 19.7. The number of carbonyl (C=O) groups is 1. The molecular weight excluding hydrogens is 437 g/mol. The van der Waals surface area contributed by atoms with Crippen LogP contribution in [0.3, 0.4) is 0 Å². The van der Waals surface area contributed by atoms with Crippen LogP contribution < -0.4 is 10.6 Å². The number of para-hydroxylation sites is 1. The summed E-state index contributed by atoms with van der Waals surface area (Å²) in [6, 6.07) is 37.2. The summed E-state index contributed by atoms with van der Waals surface area (Å²) in [6.45, 7) is 2.08. The molecule has 2 heterocycles. The van der Waals surface area contributed by atoms with Crippen molar-refractivity contribution in [1.82, 2.24) is 4.57 Å². The van der Waals surface area contributed by atoms with Gasteiger partial charge in [0.2, 0.25) is 5.91 Å². The quantitative estimate of drug-likeness (QED) is 0.303. The lowest BCUT2D eigenvalue weighted by atomic mass is 9.91. The van der Waals surface area contributed by atoms with Crippen LogP contribution in [-0.2, 0) is 4.57 Å². The van der Waals surface area contributed by atoms with Crippen LogP contribution in [0.5, 0.6) is 0 Å². The minimum Gasteiger partial charge on any atom is -0.313 e. The summed E-state index contributed by atoms with van der Waals surface area (Å²) >= 11 is 0. The van der Waals surface area contributed by atoms with Crippen LogP contribution in [-0.4, -0.2) is 16.1 Å². The van der Waals surface area contributed by atoms with Crippen molar-refractivity contribution in [3.05, 3.63) is 132 Å². The van der Waals surface area contributed by atoms with Crippen molar-refractivity contribution in [2.24, 2.45) is 0 Å². The first-order valence-corrected chi connectivity index (χ1v) is 13.3. The second-order valence-corrected chi connectivity index (χ2v) is 11.8. The number of rotatable bonds is 4. The second-order valence-electron chi connectivity index (χ2n) is 8.86. The Bertz CT molecular complexity index is 1510. The fourth-order valence-corrected chi connectivity index (χ4v) is 8.92. The highest BCUT2D eigenvalue weighted by atomic mass is 31.2. The predicted octanol–water partition coefficient (Wildman–Crippen LogP) is 6.12. The summed E-state index contributed by atoms with van der Waals surface area (Å²) in [6.07, 6.45) is 0. The van der Waals surface area contributed by atoms with Gasteiger partial charge in [0.25, 0.3) is 0 Å². The minimum absolute atomic E-state index is 0.0933. The van der Waals surface area contributed by atoms with E-state index in [1.54, 1.807) is 0 Å². The highest BCUT2D eigenvalue weighted by Gasteiger charge is 2.53. The van der Waals surface area contributed by atoms with E-state index in [1.807, 2.05) is 102 Å². The second kappa shape index (κ2) is 7.97. The van der Waals surface area contributed by atoms with E-state index in [-0.39, 0.29) is 11.8 Å². The number of benzene rings is 4. The molecule has 166 valence electrons. The largest absolute Gasteiger partial charge is 0.313 e. The van der Waals surface area contributed by atoms with Gasteiger partial charge in [-0.05, 0) is 24.1 Å². The summed E-state index contributed by atoms with van der Waals surface area (Å²) in [7, 11) is -3.37. The van der Waals surface area contributed by atoms with Gasteiger partial charge in [0.15, 0.2) is 7.14 Å². The first kappa shape index (κ1) is 20.9. The van der Waals surface area contributed by atoms with Gasteiger partial charge in [0.1, 0.15) is 5.66 Å². The molecule has 0 saturated heterocycles. The molecule has 1 aliphatic heterocycles. The van der Waals surface area contributed by atoms with E-state index in [0.29, 0.717) is 10.6 Å². The van der Waals surface area contributed by atoms with Gasteiger partial charge in [0, 0.05) is 27.6 Å². The number of fused-ring (bicyclic) bond motifs is 3. The highest BCUT2D eigenvalue weighted by Crippen LogP contribution is 2.59. The lowest BCUT2D eigenvalue weighted by molar-refractivity contribution is 0.0929. The minimum atomic E-state index is -3.37. The van der Waals surface area contributed by atoms with Crippen LogP contribution in [0.4, 0.5) is 0 Å². The highest BCUT2D eigenvalue weighted by molar-refractivity contribution is 7.80. The Labute approximate surface area is 199 Å². The summed E-state index contributed by atoms with van der Waals surface area (Å²) in [5.41, 5.74) is 3.20. The van der Waals surface area contributed by atoms with E-state index in [9.17, 15) is 4.79 Å². The Balaban J connectivity index is 1.70. The number of carbonyl (C=O) groups excluding carboxylic acids is 1. The molecule has 0 saturated carbocycles. The molecule has 2 atom stereocenters. The van der Waals surface area contributed by atoms with Gasteiger partial charge in [-0.3, -0.25) is 9.36 Å². The summed E-state index contributed by atoms with van der Waals surface area (Å²) in [5.74, 6) is -0.406. The van der Waals surface area contributed by atoms with E-state index in [4.69, 9.17) is 0 Å². The fraction of sp³-hybridized carbons (Fsp3) is 0.100. The Kier molecular flexibility index (Phi) is 4.90. The summed E-state index contributed by atoms with van der Waals surface area (Å²) in [5, 5.41) is 2.50. The van der Waals surface area contributed by atoms with Gasteiger partial charge in [-0.2, -0.15) is 0 Å². The lowest BCUT2D eigenvalue weighted by Crippen LogP contribution is -2.33. The predicted molar refractivity (Wildman–Crippen MR) is 139 cm³/mol. The molecule has 0 spiro atoms. The fourth-order valence-electron chi connectivity index (χ4n) is 5.59. The van der Waals surface area contributed by atoms with Crippen LogP contribution in [0, 0.1) is 6.92 Å². The van der Waals surface area contributed by atoms with Crippen molar-refractivity contribution in [1.29, 1.82) is 0 Å². The zero-order chi connectivity index (χ0) is 23.3. The van der Waals surface area contributed by atoms with E-state index in [1.165, 1.54) is 0 Å². The zero-order valence-electron chi connectivity index (χ0n) is 18.8. The monoisotopic (exact) mass is 461 g/mol. The van der Waals surface area contributed by atoms with Crippen molar-refractivity contribution in [3.63, 3.8) is 0 Å². The molecule has 1 aromatic heterocycles. The summed E-state index contributed by atoms with van der Waals surface area (Å²) in [4.78, 5) is 14.4. The van der Waals surface area contributed by atoms with Crippen molar-refractivity contribution >= 4 is 34.6 Å². The Morgan fingerprint density at radius 1 is 0.676 bits per heavy atom. The molecule has 5 aromatic rings. The first-order valence-electron chi connectivity index (χ1n) is 11.5. The summed E-state index contributed by atoms with van der Waals surface area (Å²) < 4.78 is 17.2. The average molecular weight is 462 g/mol. The van der Waals surface area contributed by atoms with Crippen LogP contribution in [0.25, 0.3) is 10.9 Å². The average Bonchev–Trinajstić information content (AvgIpc) is 3.38. The van der Waals surface area contributed by atoms with Crippen molar-refractivity contribution in [2.75, 3.05) is 0 Å². The molecule has 0 N–H and O–H groups in total. The smallest absolute Gasteiger partial charge is 0.243 e. The molecule has 0 amide bonds. The van der Waals surface area contributed by atoms with Crippen LogP contribution >= 0.6 is 7.14 Å². The van der Waals surface area contributed by atoms with E-state index in [0.717, 1.165) is 27.7 Å². The van der Waals surface area contributed by atoms with E-state index >= 15 is 4.57 Å². The number of hydrogen-bond acceptors (Lipinski definition) is 2. The van der Waals surface area contributed by atoms with Gasteiger partial charge in [-0.15, -0.1) is 0 Å². The molecule has 6 rings (SSSR count). The molecule has 0 fully saturated rings. The first-order chi connectivity index (χ1) is 16.6. The molecule has 0 unspecified atom stereocenters. The number of nitrogens with zero attached hydrogens (tertiary/aromatic N) is 1. The van der Waals surface area contributed by atoms with Gasteiger partial charge in [-0.1, -0.05) is 109 Å². The number of aryl methyl sites for hydroxylation is 1. The van der Waals surface area contributed by atoms with Crippen molar-refractivity contribution in [2.45, 2.75) is 18.5 Å². The third kappa shape index (κ3) is 2.90. The SMILES string of the molecule is Cc1c2n(c3ccccc13)C(=O)[C@H](P(=O)(c1ccccc1)c1ccccc1)[C@H]2c1ccccc1. The lowest BCUT2D eigenvalue weighted by Gasteiger charge is -2.29. The van der Waals surface area contributed by atoms with Gasteiger partial charge in [0.05, 0.1) is 5.52 Å². The van der Waals surface area contributed by atoms with Gasteiger partial charge >= 0.3 is 0 Å². The maximum atomic E-state index is 15.4. The Morgan fingerprint density at radius 3 is 1.76 bits per heavy atom. The standard InChI is InChI=1S/C30H24NO2P/c1-21-25-19-11-12-20-26(25)31-28(21)27(22-13-5-2-6-14-22)29(30(31)32)34(33,23-15-7-3-8-16-23)24-17-9-4-10-18-24/h2-20,27,29H,1H3/t27-,29+/m0/s1. The molecule has 3 nitrogen and oxygen atoms in total.